The van der Waals surface area contributed by atoms with Gasteiger partial charge in [0.25, 0.3) is 0 Å². The number of alkyl halides is 2. The lowest BCUT2D eigenvalue weighted by atomic mass is 9.96. The van der Waals surface area contributed by atoms with E-state index in [4.69, 9.17) is 53.6 Å². The number of nitrogens with one attached hydrogen (secondary N) is 5. The molecule has 0 spiro atoms. The Balaban J connectivity index is 0.851. The maximum absolute atomic E-state index is 14.4. The van der Waals surface area contributed by atoms with Crippen LogP contribution < -0.4 is 57.3 Å². The minimum Gasteiger partial charge on any atom is -0.479 e. The van der Waals surface area contributed by atoms with Crippen molar-refractivity contribution in [2.24, 2.45) is 17.4 Å². The Bertz CT molecular complexity index is 3840. The summed E-state index contributed by atoms with van der Waals surface area (Å²) < 4.78 is 24.5. The van der Waals surface area contributed by atoms with E-state index in [-0.39, 0.29) is 118 Å². The van der Waals surface area contributed by atoms with Crippen LogP contribution in [0.2, 0.25) is 0 Å². The molecule has 0 bridgehead atoms. The van der Waals surface area contributed by atoms with Gasteiger partial charge in [0.1, 0.15) is 48.8 Å². The largest absolute Gasteiger partial charge is 0.479 e. The predicted molar refractivity (Wildman–Crippen MR) is 376 cm³/mol. The number of halogens is 2. The van der Waals surface area contributed by atoms with E-state index in [0.29, 0.717) is 57.8 Å². The number of nitrogens with zero attached hydrogens (tertiary/aromatic N) is 4. The summed E-state index contributed by atoms with van der Waals surface area (Å²) in [6.45, 7) is 9.35. The van der Waals surface area contributed by atoms with Crippen LogP contribution >= 0.6 is 45.9 Å². The smallest absolute Gasteiger partial charge is 0.415 e. The quantitative estimate of drug-likeness (QED) is 0.0191. The highest BCUT2D eigenvalue weighted by Crippen LogP contribution is 2.51. The first-order chi connectivity index (χ1) is 47.6. The van der Waals surface area contributed by atoms with Crippen LogP contribution in [0.4, 0.5) is 31.4 Å². The van der Waals surface area contributed by atoms with Gasteiger partial charge in [-0.3, -0.25) is 28.8 Å². The summed E-state index contributed by atoms with van der Waals surface area (Å²) in [4.78, 5) is 138. The van der Waals surface area contributed by atoms with Crippen molar-refractivity contribution in [3.8, 4) is 11.5 Å². The van der Waals surface area contributed by atoms with Crippen LogP contribution in [-0.4, -0.2) is 204 Å². The number of amides is 10. The number of benzene rings is 3. The van der Waals surface area contributed by atoms with Crippen molar-refractivity contribution in [3.63, 3.8) is 0 Å². The molecule has 0 saturated carbocycles. The van der Waals surface area contributed by atoms with E-state index in [1.807, 2.05) is 24.6 Å². The first kappa shape index (κ1) is 77.6. The first-order valence-electron chi connectivity index (χ1n) is 32.8. The fourth-order valence-corrected chi connectivity index (χ4v) is 14.8. The number of nitrogens with two attached hydrogens (primary N) is 2. The van der Waals surface area contributed by atoms with Crippen molar-refractivity contribution in [1.82, 2.24) is 31.1 Å². The Morgan fingerprint density at radius 3 is 1.80 bits per heavy atom. The summed E-state index contributed by atoms with van der Waals surface area (Å²) in [6.07, 6.45) is -8.92. The summed E-state index contributed by atoms with van der Waals surface area (Å²) in [6, 6.07) is 5.73. The van der Waals surface area contributed by atoms with Crippen LogP contribution in [0.1, 0.15) is 112 Å². The molecule has 2 aromatic heterocycles. The number of primary amides is 1. The zero-order valence-corrected chi connectivity index (χ0v) is 59.7. The van der Waals surface area contributed by atoms with Crippen LogP contribution in [0.25, 0.3) is 20.2 Å². The lowest BCUT2D eigenvalue weighted by Crippen LogP contribution is -2.61. The normalized spacial score (nSPS) is 19.4. The zero-order valence-electron chi connectivity index (χ0n) is 56.5. The number of thiophene rings is 2. The number of fused-ring (bicyclic) bond motifs is 6. The van der Waals surface area contributed by atoms with E-state index in [2.05, 4.69) is 26.6 Å². The number of carboxylic acids is 1. The van der Waals surface area contributed by atoms with E-state index in [0.717, 1.165) is 33.0 Å². The molecule has 33 heteroatoms. The Hall–Kier alpha value is -8.14. The molecule has 5 aromatic rings. The molecule has 29 nitrogen and oxygen atoms in total. The van der Waals surface area contributed by atoms with E-state index in [1.165, 1.54) is 53.5 Å². The lowest BCUT2D eigenvalue weighted by Gasteiger charge is -2.38. The molecule has 10 amide bonds. The van der Waals surface area contributed by atoms with Gasteiger partial charge in [0.2, 0.25) is 41.7 Å². The third-order valence-electron chi connectivity index (χ3n) is 17.7. The fourth-order valence-electron chi connectivity index (χ4n) is 12.3. The van der Waals surface area contributed by atoms with Crippen LogP contribution in [0.15, 0.2) is 47.2 Å². The molecule has 544 valence electrons. The Labute approximate surface area is 595 Å². The summed E-state index contributed by atoms with van der Waals surface area (Å²) >= 11 is 15.9. The molecule has 10 atom stereocenters. The molecule has 1 unspecified atom stereocenters. The molecule has 3 aromatic carbocycles. The third kappa shape index (κ3) is 18.5. The average molecular weight is 1470 g/mol. The number of unbranched alkanes of at least 4 members (excludes halogenated alkanes) is 1. The Morgan fingerprint density at radius 2 is 1.26 bits per heavy atom. The van der Waals surface area contributed by atoms with Gasteiger partial charge in [-0.15, -0.1) is 45.9 Å². The van der Waals surface area contributed by atoms with E-state index < -0.39 is 103 Å². The minimum absolute atomic E-state index is 0.0202. The molecule has 0 radical (unpaired) electrons. The lowest BCUT2D eigenvalue weighted by molar-refractivity contribution is -0.270. The zero-order chi connectivity index (χ0) is 73.0. The van der Waals surface area contributed by atoms with Crippen molar-refractivity contribution in [3.05, 3.63) is 75.0 Å². The van der Waals surface area contributed by atoms with Gasteiger partial charge in [-0.25, -0.2) is 19.2 Å². The van der Waals surface area contributed by atoms with Crippen LogP contribution in [0.5, 0.6) is 11.5 Å². The van der Waals surface area contributed by atoms with E-state index >= 15 is 0 Å². The van der Waals surface area contributed by atoms with Gasteiger partial charge >= 0.3 is 24.2 Å². The van der Waals surface area contributed by atoms with Crippen molar-refractivity contribution < 1.29 is 87.3 Å². The standard InChI is InChI=1S/C67H87Cl2N11O18S2/c1-33(2)53(76-61(88)41(73-36(5)81)12-8-9-20-70)62(89)75-42(13-11-21-72-65(71)92)60(87)74-40-18-16-37(17-19-40)30-95-66(93)77(6)22-23-78(7)67(94)97-46-25-44-52(50-35(4)32-100-59(46)50)39(27-69)29-80(44)48(83)15-10-14-47(82)79-28-38(26-68)51-43(79)24-45(58-49(51)34(3)31-99-58)96-64-56(86)54(84)55(85)57(98-64)63(90)91/h16-19,24-25,31-33,38-39,41-42,53-57,64,84-86H,8-15,20-23,26-30,70H2,1-7H3,(H,73,81)(H,74,87)(H,75,89)(H,76,88)(H,90,91)(H3,71,72,92)/t38-,39-,41+,42+,53?,54+,55+,56-,57+,64-/m1/s1. The molecular weight excluding hydrogens is 1380 g/mol. The van der Waals surface area contributed by atoms with Gasteiger partial charge in [-0.05, 0) is 116 Å². The van der Waals surface area contributed by atoms with Crippen molar-refractivity contribution in [2.75, 3.05) is 80.2 Å². The summed E-state index contributed by atoms with van der Waals surface area (Å²) in [5.41, 5.74) is 16.1. The van der Waals surface area contributed by atoms with Crippen molar-refractivity contribution in [1.29, 1.82) is 0 Å². The molecule has 1 fully saturated rings. The number of likely N-dealkylation sites (N-methyl/N-ethyl adjacent to an activating group) is 2. The number of aliphatic carboxylic acids is 1. The number of aryl methyl sites for hydroxylation is 2. The monoisotopic (exact) mass is 1470 g/mol. The number of aliphatic hydroxyl groups is 3. The second kappa shape index (κ2) is 35.0. The number of anilines is 3. The average Bonchev–Trinajstić information content (AvgIpc) is 1.58. The Kier molecular flexibility index (Phi) is 27.1. The maximum atomic E-state index is 14.4. The first-order valence-corrected chi connectivity index (χ1v) is 35.6. The molecule has 1 saturated heterocycles. The van der Waals surface area contributed by atoms with Gasteiger partial charge in [-0.2, -0.15) is 0 Å². The second-order valence-electron chi connectivity index (χ2n) is 25.5. The molecule has 100 heavy (non-hydrogen) atoms. The van der Waals surface area contributed by atoms with Gasteiger partial charge in [0, 0.05) is 119 Å². The highest BCUT2D eigenvalue weighted by atomic mass is 35.5. The number of carboxylic acid groups (broad SMARTS) is 1. The summed E-state index contributed by atoms with van der Waals surface area (Å²) in [5, 5.41) is 60.0. The number of carbonyl (C=O) groups is 10. The summed E-state index contributed by atoms with van der Waals surface area (Å²) in [7, 11) is 3.01. The van der Waals surface area contributed by atoms with E-state index in [9.17, 15) is 68.4 Å². The molecule has 0 aliphatic carbocycles. The second-order valence-corrected chi connectivity index (χ2v) is 27.9. The SMILES string of the molecule is CC(=O)N[C@@H](CCCCN)C(=O)NC(C(=O)N[C@@H](CCCNC(N)=O)C(=O)Nc1ccc(COC(=O)N(C)CCN(C)C(=O)Oc2cc3c(c4c(C)csc24)[C@H](CCl)CN3C(=O)CCCC(=O)N2C[C@@H](CCl)c3c2cc(O[C@@H]2O[C@H](C(=O)O)[C@@H](O)[C@H](O)[C@H]2O)c2scc(C)c32)cc1)C(C)C. The van der Waals surface area contributed by atoms with Crippen molar-refractivity contribution >= 4 is 143 Å². The molecule has 3 aliphatic heterocycles. The third-order valence-corrected chi connectivity index (χ3v) is 20.7. The molecule has 8 rings (SSSR count). The number of hydrogen-bond acceptors (Lipinski definition) is 20. The Morgan fingerprint density at radius 1 is 0.710 bits per heavy atom. The number of ether oxygens (including phenoxy) is 4. The topological polar surface area (TPSA) is 414 Å². The molecule has 13 N–H and O–H groups in total. The maximum Gasteiger partial charge on any atom is 0.415 e. The van der Waals surface area contributed by atoms with Crippen LogP contribution in [-0.2, 0) is 49.6 Å². The van der Waals surface area contributed by atoms with Gasteiger partial charge in [-0.1, -0.05) is 26.0 Å². The fraction of sp³-hybridized carbons (Fsp3) is 0.522. The molecule has 3 aliphatic rings. The number of carbonyl (C=O) groups excluding carboxylic acids is 9. The predicted octanol–water partition coefficient (Wildman–Crippen LogP) is 5.56. The molecule has 5 heterocycles. The number of rotatable bonds is 31. The van der Waals surface area contributed by atoms with Crippen molar-refractivity contribution in [2.45, 2.75) is 153 Å². The van der Waals surface area contributed by atoms with Crippen LogP contribution in [0.3, 0.4) is 0 Å². The van der Waals surface area contributed by atoms with Gasteiger partial charge in [0.15, 0.2) is 11.9 Å². The number of urea groups is 1. The van der Waals surface area contributed by atoms with Crippen LogP contribution in [0, 0.1) is 19.8 Å². The molecular formula is C67H87Cl2N11O18S2. The van der Waals surface area contributed by atoms with Gasteiger partial charge in [0.05, 0.1) is 20.8 Å². The highest BCUT2D eigenvalue weighted by molar-refractivity contribution is 7.18. The minimum atomic E-state index is -1.93. The highest BCUT2D eigenvalue weighted by Gasteiger charge is 2.49. The number of aliphatic hydroxyl groups excluding tert-OH is 3. The summed E-state index contributed by atoms with van der Waals surface area (Å²) in [5.74, 6) is -4.77. The van der Waals surface area contributed by atoms with Gasteiger partial charge < -0.3 is 97.0 Å². The van der Waals surface area contributed by atoms with E-state index in [1.54, 1.807) is 60.0 Å². The number of hydrogen-bond donors (Lipinski definition) is 11.